The average Bonchev–Trinajstić information content (AvgIpc) is 3.40. The summed E-state index contributed by atoms with van der Waals surface area (Å²) in [4.78, 5) is 17.9. The molecule has 12 heteroatoms. The van der Waals surface area contributed by atoms with Gasteiger partial charge in [0.05, 0.1) is 28.9 Å². The van der Waals surface area contributed by atoms with Gasteiger partial charge in [-0.25, -0.2) is 27.8 Å². The first-order valence-electron chi connectivity index (χ1n) is 12.0. The summed E-state index contributed by atoms with van der Waals surface area (Å²) in [6, 6.07) is 15.6. The third-order valence-corrected chi connectivity index (χ3v) is 7.49. The molecule has 3 aromatic heterocycles. The van der Waals surface area contributed by atoms with Crippen molar-refractivity contribution in [1.29, 1.82) is 0 Å². The molecule has 3 heterocycles. The molecule has 0 saturated carbocycles. The normalized spacial score (nSPS) is 11.5. The number of halogens is 1. The summed E-state index contributed by atoms with van der Waals surface area (Å²) in [6.07, 6.45) is 4.39. The summed E-state index contributed by atoms with van der Waals surface area (Å²) in [7, 11) is -3.00. The molecule has 200 valence electrons. The number of rotatable bonds is 11. The molecular weight excluding hydrogens is 539 g/mol. The van der Waals surface area contributed by atoms with Crippen LogP contribution in [0.2, 0.25) is 0 Å². The number of hydrogen-bond donors (Lipinski definition) is 2. The molecule has 0 aliphatic carbocycles. The Hall–Kier alpha value is -4.00. The third-order valence-electron chi connectivity index (χ3n) is 5.70. The van der Waals surface area contributed by atoms with Crippen LogP contribution in [0.4, 0.5) is 15.9 Å². The number of pyridine rings is 1. The van der Waals surface area contributed by atoms with E-state index < -0.39 is 9.84 Å². The molecule has 0 bridgehead atoms. The molecule has 0 amide bonds. The van der Waals surface area contributed by atoms with E-state index in [1.165, 1.54) is 36.1 Å². The zero-order valence-electron chi connectivity index (χ0n) is 21.0. The standard InChI is InChI=1S/C27H25FN6O3S2/c1-39(35,36)11-10-29-14-26-34-25(16-38-26)23-12-22-24(13-30-23)31-17-32-27(22)33-20-6-8-21(9-7-20)37-15-18-2-4-19(28)5-3-18/h2-9,12-13,16-17,29H,10-11,14-15H2,1H3,(H,31,32,33). The fourth-order valence-electron chi connectivity index (χ4n) is 3.68. The zero-order chi connectivity index (χ0) is 27.2. The molecule has 0 aliphatic heterocycles. The molecular formula is C27H25FN6O3S2. The Kier molecular flexibility index (Phi) is 8.05. The van der Waals surface area contributed by atoms with Crippen molar-refractivity contribution in [3.05, 3.63) is 88.9 Å². The lowest BCUT2D eigenvalue weighted by molar-refractivity contribution is 0.306. The minimum absolute atomic E-state index is 0.0823. The predicted molar refractivity (Wildman–Crippen MR) is 150 cm³/mol. The lowest BCUT2D eigenvalue weighted by atomic mass is 10.2. The highest BCUT2D eigenvalue weighted by Crippen LogP contribution is 2.28. The molecule has 0 aliphatic rings. The minimum Gasteiger partial charge on any atom is -0.489 e. The molecule has 9 nitrogen and oxygen atoms in total. The number of aromatic nitrogens is 4. The summed E-state index contributed by atoms with van der Waals surface area (Å²) >= 11 is 1.48. The van der Waals surface area contributed by atoms with Gasteiger partial charge in [-0.2, -0.15) is 0 Å². The van der Waals surface area contributed by atoms with Gasteiger partial charge in [-0.3, -0.25) is 4.98 Å². The second kappa shape index (κ2) is 11.8. The van der Waals surface area contributed by atoms with E-state index in [2.05, 4.69) is 30.6 Å². The number of sulfone groups is 1. The molecule has 0 fully saturated rings. The van der Waals surface area contributed by atoms with E-state index in [1.807, 2.05) is 35.7 Å². The van der Waals surface area contributed by atoms with Gasteiger partial charge in [0.2, 0.25) is 0 Å². The van der Waals surface area contributed by atoms with Crippen LogP contribution in [0.15, 0.2) is 72.5 Å². The summed E-state index contributed by atoms with van der Waals surface area (Å²) in [5.41, 5.74) is 3.79. The molecule has 5 aromatic rings. The predicted octanol–water partition coefficient (Wildman–Crippen LogP) is 4.74. The molecule has 5 rings (SSSR count). The topological polar surface area (TPSA) is 119 Å². The van der Waals surface area contributed by atoms with Gasteiger partial charge in [0.15, 0.2) is 0 Å². The molecule has 0 radical (unpaired) electrons. The van der Waals surface area contributed by atoms with Gasteiger partial charge in [0.1, 0.15) is 45.2 Å². The van der Waals surface area contributed by atoms with Crippen molar-refractivity contribution in [2.24, 2.45) is 0 Å². The van der Waals surface area contributed by atoms with Crippen molar-refractivity contribution >= 4 is 43.6 Å². The van der Waals surface area contributed by atoms with Gasteiger partial charge in [0, 0.05) is 35.8 Å². The van der Waals surface area contributed by atoms with E-state index in [0.29, 0.717) is 42.5 Å². The fraction of sp³-hybridized carbons (Fsp3) is 0.185. The van der Waals surface area contributed by atoms with Crippen molar-refractivity contribution in [2.75, 3.05) is 23.9 Å². The Bertz CT molecular complexity index is 1680. The van der Waals surface area contributed by atoms with E-state index in [4.69, 9.17) is 4.74 Å². The minimum atomic E-state index is -3.00. The van der Waals surface area contributed by atoms with Gasteiger partial charge < -0.3 is 15.4 Å². The van der Waals surface area contributed by atoms with Crippen LogP contribution < -0.4 is 15.4 Å². The van der Waals surface area contributed by atoms with Crippen molar-refractivity contribution in [3.8, 4) is 17.1 Å². The lowest BCUT2D eigenvalue weighted by Crippen LogP contribution is -2.21. The number of nitrogens with zero attached hydrogens (tertiary/aromatic N) is 4. The van der Waals surface area contributed by atoms with E-state index in [0.717, 1.165) is 27.3 Å². The maximum absolute atomic E-state index is 13.1. The van der Waals surface area contributed by atoms with Gasteiger partial charge in [-0.05, 0) is 48.0 Å². The monoisotopic (exact) mass is 564 g/mol. The Balaban J connectivity index is 1.26. The Morgan fingerprint density at radius 2 is 1.79 bits per heavy atom. The Morgan fingerprint density at radius 1 is 1.00 bits per heavy atom. The lowest BCUT2D eigenvalue weighted by Gasteiger charge is -2.10. The molecule has 0 saturated heterocycles. The maximum Gasteiger partial charge on any atom is 0.148 e. The number of nitrogens with one attached hydrogen (secondary N) is 2. The summed E-state index contributed by atoms with van der Waals surface area (Å²) in [5, 5.41) is 9.99. The summed E-state index contributed by atoms with van der Waals surface area (Å²) in [5.74, 6) is 1.12. The SMILES string of the molecule is CS(=O)(=O)CCNCc1nc(-c2cc3c(Nc4ccc(OCc5ccc(F)cc5)cc4)ncnc3cn2)cs1. The Labute approximate surface area is 229 Å². The second-order valence-corrected chi connectivity index (χ2v) is 12.0. The third kappa shape index (κ3) is 7.31. The molecule has 2 aromatic carbocycles. The average molecular weight is 565 g/mol. The highest BCUT2D eigenvalue weighted by molar-refractivity contribution is 7.90. The van der Waals surface area contributed by atoms with Crippen molar-refractivity contribution in [3.63, 3.8) is 0 Å². The molecule has 2 N–H and O–H groups in total. The largest absolute Gasteiger partial charge is 0.489 e. The first-order valence-corrected chi connectivity index (χ1v) is 14.9. The summed E-state index contributed by atoms with van der Waals surface area (Å²) < 4.78 is 41.5. The van der Waals surface area contributed by atoms with Gasteiger partial charge in [-0.1, -0.05) is 12.1 Å². The van der Waals surface area contributed by atoms with Crippen molar-refractivity contribution in [1.82, 2.24) is 25.3 Å². The molecule has 0 unspecified atom stereocenters. The van der Waals surface area contributed by atoms with Crippen LogP contribution in [-0.4, -0.2) is 46.9 Å². The number of anilines is 2. The molecule has 39 heavy (non-hydrogen) atoms. The summed E-state index contributed by atoms with van der Waals surface area (Å²) in [6.45, 7) is 1.19. The number of ether oxygens (including phenoxy) is 1. The molecule has 0 atom stereocenters. The quantitative estimate of drug-likeness (QED) is 0.219. The van der Waals surface area contributed by atoms with Crippen molar-refractivity contribution < 1.29 is 17.5 Å². The highest BCUT2D eigenvalue weighted by atomic mass is 32.2. The number of thiazole rings is 1. The Morgan fingerprint density at radius 3 is 2.56 bits per heavy atom. The van der Waals surface area contributed by atoms with E-state index >= 15 is 0 Å². The zero-order valence-corrected chi connectivity index (χ0v) is 22.6. The first-order chi connectivity index (χ1) is 18.8. The van der Waals surface area contributed by atoms with Crippen LogP contribution in [0.25, 0.3) is 22.3 Å². The fourth-order valence-corrected chi connectivity index (χ4v) is 4.95. The molecule has 0 spiro atoms. The van der Waals surface area contributed by atoms with Crippen LogP contribution in [-0.2, 0) is 23.0 Å². The van der Waals surface area contributed by atoms with Gasteiger partial charge in [-0.15, -0.1) is 11.3 Å². The second-order valence-electron chi connectivity index (χ2n) is 8.81. The van der Waals surface area contributed by atoms with Gasteiger partial charge in [0.25, 0.3) is 0 Å². The number of fused-ring (bicyclic) bond motifs is 1. The van der Waals surface area contributed by atoms with Crippen LogP contribution in [0.5, 0.6) is 5.75 Å². The van der Waals surface area contributed by atoms with E-state index in [1.54, 1.807) is 18.3 Å². The first kappa shape index (κ1) is 26.6. The van der Waals surface area contributed by atoms with Crippen LogP contribution >= 0.6 is 11.3 Å². The van der Waals surface area contributed by atoms with Gasteiger partial charge >= 0.3 is 0 Å². The van der Waals surface area contributed by atoms with Crippen LogP contribution in [0, 0.1) is 5.82 Å². The van der Waals surface area contributed by atoms with Crippen molar-refractivity contribution in [2.45, 2.75) is 13.2 Å². The highest BCUT2D eigenvalue weighted by Gasteiger charge is 2.11. The van der Waals surface area contributed by atoms with Crippen LogP contribution in [0.1, 0.15) is 10.6 Å². The van der Waals surface area contributed by atoms with E-state index in [9.17, 15) is 12.8 Å². The maximum atomic E-state index is 13.1. The number of benzene rings is 2. The number of hydrogen-bond acceptors (Lipinski definition) is 10. The smallest absolute Gasteiger partial charge is 0.148 e. The van der Waals surface area contributed by atoms with E-state index in [-0.39, 0.29) is 11.6 Å². The van der Waals surface area contributed by atoms with Crippen LogP contribution in [0.3, 0.4) is 0 Å².